The maximum atomic E-state index is 13.1. The van der Waals surface area contributed by atoms with Gasteiger partial charge < -0.3 is 14.6 Å². The van der Waals surface area contributed by atoms with E-state index in [4.69, 9.17) is 20.9 Å². The van der Waals surface area contributed by atoms with Gasteiger partial charge in [-0.05, 0) is 75.3 Å². The van der Waals surface area contributed by atoms with Crippen molar-refractivity contribution in [1.82, 2.24) is 15.0 Å². The highest BCUT2D eigenvalue weighted by atomic mass is 35.5. The zero-order valence-electron chi connectivity index (χ0n) is 18.6. The third-order valence-electron chi connectivity index (χ3n) is 5.62. The Hall–Kier alpha value is -3.30. The summed E-state index contributed by atoms with van der Waals surface area (Å²) in [7, 11) is 0. The van der Waals surface area contributed by atoms with Crippen LogP contribution in [-0.4, -0.2) is 46.6 Å². The quantitative estimate of drug-likeness (QED) is 0.489. The van der Waals surface area contributed by atoms with Crippen LogP contribution >= 0.6 is 11.6 Å². The molecule has 178 valence electrons. The molecule has 1 amide bonds. The fourth-order valence-corrected chi connectivity index (χ4v) is 3.99. The van der Waals surface area contributed by atoms with Gasteiger partial charge in [0.15, 0.2) is 0 Å². The van der Waals surface area contributed by atoms with Gasteiger partial charge in [-0.15, -0.1) is 0 Å². The number of halogens is 2. The first-order chi connectivity index (χ1) is 16.4. The second kappa shape index (κ2) is 10.8. The van der Waals surface area contributed by atoms with Gasteiger partial charge >= 0.3 is 5.97 Å². The fraction of sp³-hybridized carbons (Fsp3) is 0.333. The lowest BCUT2D eigenvalue weighted by Gasteiger charge is -2.30. The molecule has 1 fully saturated rings. The SMILES string of the molecule is CCOC(=O)c1cc(NC(=O)C2CCN(Cc3nc(-c4ccc(F)cc4)no3)CC2)ccc1Cl. The van der Waals surface area contributed by atoms with Gasteiger partial charge in [-0.1, -0.05) is 16.8 Å². The molecule has 4 rings (SSSR count). The molecule has 3 aromatic rings. The standard InChI is InChI=1S/C24H24ClFN4O4/c1-2-33-24(32)19-13-18(7-8-20(19)25)27-23(31)16-9-11-30(12-10-16)14-21-28-22(29-34-21)15-3-5-17(26)6-4-15/h3-8,13,16H,2,9-12,14H2,1H3,(H,27,31). The van der Waals surface area contributed by atoms with Crippen LogP contribution in [0.1, 0.15) is 36.0 Å². The van der Waals surface area contributed by atoms with Gasteiger partial charge in [-0.2, -0.15) is 4.98 Å². The molecule has 0 unspecified atom stereocenters. The van der Waals surface area contributed by atoms with E-state index in [1.807, 2.05) is 0 Å². The normalized spacial score (nSPS) is 14.7. The number of likely N-dealkylation sites (tertiary alicyclic amines) is 1. The highest BCUT2D eigenvalue weighted by Gasteiger charge is 2.26. The topological polar surface area (TPSA) is 97.6 Å². The number of nitrogens with one attached hydrogen (secondary N) is 1. The average Bonchev–Trinajstić information content (AvgIpc) is 3.29. The van der Waals surface area contributed by atoms with Crippen molar-refractivity contribution in [3.63, 3.8) is 0 Å². The summed E-state index contributed by atoms with van der Waals surface area (Å²) in [5.74, 6) is -0.233. The van der Waals surface area contributed by atoms with Crippen molar-refractivity contribution in [2.45, 2.75) is 26.3 Å². The van der Waals surface area contributed by atoms with Crippen LogP contribution in [-0.2, 0) is 16.1 Å². The molecule has 0 bridgehead atoms. The van der Waals surface area contributed by atoms with E-state index in [0.29, 0.717) is 55.4 Å². The van der Waals surface area contributed by atoms with Gasteiger partial charge in [-0.3, -0.25) is 9.69 Å². The van der Waals surface area contributed by atoms with Crippen LogP contribution in [0.2, 0.25) is 5.02 Å². The lowest BCUT2D eigenvalue weighted by atomic mass is 9.95. The molecule has 0 spiro atoms. The number of rotatable bonds is 7. The fourth-order valence-electron chi connectivity index (χ4n) is 3.79. The van der Waals surface area contributed by atoms with Gasteiger partial charge in [0.05, 0.1) is 23.7 Å². The Labute approximate surface area is 201 Å². The highest BCUT2D eigenvalue weighted by molar-refractivity contribution is 6.33. The maximum Gasteiger partial charge on any atom is 0.339 e. The molecule has 0 saturated carbocycles. The number of hydrogen-bond donors (Lipinski definition) is 1. The molecule has 34 heavy (non-hydrogen) atoms. The predicted octanol–water partition coefficient (Wildman–Crippen LogP) is 4.56. The Balaban J connectivity index is 1.29. The number of nitrogens with zero attached hydrogens (tertiary/aromatic N) is 3. The Kier molecular flexibility index (Phi) is 7.54. The number of anilines is 1. The van der Waals surface area contributed by atoms with E-state index < -0.39 is 5.97 Å². The first-order valence-electron chi connectivity index (χ1n) is 11.0. The molecule has 0 aliphatic carbocycles. The largest absolute Gasteiger partial charge is 0.462 e. The molecule has 1 N–H and O–H groups in total. The van der Waals surface area contributed by atoms with E-state index in [9.17, 15) is 14.0 Å². The number of esters is 1. The Morgan fingerprint density at radius 2 is 1.94 bits per heavy atom. The minimum Gasteiger partial charge on any atom is -0.462 e. The van der Waals surface area contributed by atoms with Crippen molar-refractivity contribution >= 4 is 29.2 Å². The maximum absolute atomic E-state index is 13.1. The summed E-state index contributed by atoms with van der Waals surface area (Å²) in [6, 6.07) is 10.7. The molecule has 1 aliphatic heterocycles. The monoisotopic (exact) mass is 486 g/mol. The second-order valence-electron chi connectivity index (χ2n) is 7.97. The number of ether oxygens (including phenoxy) is 1. The summed E-state index contributed by atoms with van der Waals surface area (Å²) in [5.41, 5.74) is 1.40. The number of carbonyl (C=O) groups is 2. The summed E-state index contributed by atoms with van der Waals surface area (Å²) in [6.45, 7) is 3.82. The second-order valence-corrected chi connectivity index (χ2v) is 8.38. The lowest BCUT2D eigenvalue weighted by Crippen LogP contribution is -2.37. The van der Waals surface area contributed by atoms with Crippen molar-refractivity contribution < 1.29 is 23.2 Å². The van der Waals surface area contributed by atoms with Crippen LogP contribution in [0.4, 0.5) is 10.1 Å². The highest BCUT2D eigenvalue weighted by Crippen LogP contribution is 2.25. The third kappa shape index (κ3) is 5.78. The van der Waals surface area contributed by atoms with Gasteiger partial charge in [0.25, 0.3) is 0 Å². The number of hydrogen-bond acceptors (Lipinski definition) is 7. The van der Waals surface area contributed by atoms with Crippen LogP contribution < -0.4 is 5.32 Å². The average molecular weight is 487 g/mol. The van der Waals surface area contributed by atoms with Crippen molar-refractivity contribution in [1.29, 1.82) is 0 Å². The number of carbonyl (C=O) groups excluding carboxylic acids is 2. The molecule has 1 aromatic heterocycles. The number of benzene rings is 2. The van der Waals surface area contributed by atoms with Gasteiger partial charge in [0.1, 0.15) is 5.82 Å². The number of piperidine rings is 1. The molecule has 0 radical (unpaired) electrons. The van der Waals surface area contributed by atoms with Crippen molar-refractivity contribution in [2.24, 2.45) is 5.92 Å². The molecule has 2 aromatic carbocycles. The Morgan fingerprint density at radius 3 is 2.65 bits per heavy atom. The van der Waals surface area contributed by atoms with Crippen LogP contribution in [0.15, 0.2) is 47.0 Å². The molecule has 0 atom stereocenters. The van der Waals surface area contributed by atoms with E-state index >= 15 is 0 Å². The zero-order chi connectivity index (χ0) is 24.1. The lowest BCUT2D eigenvalue weighted by molar-refractivity contribution is -0.121. The minimum absolute atomic E-state index is 0.104. The number of aromatic nitrogens is 2. The van der Waals surface area contributed by atoms with Crippen molar-refractivity contribution in [3.05, 3.63) is 64.8 Å². The van der Waals surface area contributed by atoms with E-state index in [-0.39, 0.29) is 34.8 Å². The van der Waals surface area contributed by atoms with E-state index in [1.54, 1.807) is 31.2 Å². The third-order valence-corrected chi connectivity index (χ3v) is 5.95. The molecular formula is C24H24ClFN4O4. The Bertz CT molecular complexity index is 1160. The molecule has 1 aliphatic rings. The first-order valence-corrected chi connectivity index (χ1v) is 11.4. The number of amides is 1. The van der Waals surface area contributed by atoms with Gasteiger partial charge in [0.2, 0.25) is 17.6 Å². The van der Waals surface area contributed by atoms with Gasteiger partial charge in [-0.25, -0.2) is 9.18 Å². The molecular weight excluding hydrogens is 463 g/mol. The molecule has 2 heterocycles. The van der Waals surface area contributed by atoms with Crippen LogP contribution in [0.25, 0.3) is 11.4 Å². The summed E-state index contributed by atoms with van der Waals surface area (Å²) >= 11 is 6.09. The van der Waals surface area contributed by atoms with Crippen molar-refractivity contribution in [3.8, 4) is 11.4 Å². The molecule has 10 heteroatoms. The van der Waals surface area contributed by atoms with Crippen LogP contribution in [0, 0.1) is 11.7 Å². The first kappa shape index (κ1) is 23.8. The Morgan fingerprint density at radius 1 is 1.21 bits per heavy atom. The predicted molar refractivity (Wildman–Crippen MR) is 124 cm³/mol. The summed E-state index contributed by atoms with van der Waals surface area (Å²) in [6.07, 6.45) is 1.34. The smallest absolute Gasteiger partial charge is 0.339 e. The van der Waals surface area contributed by atoms with Crippen LogP contribution in [0.5, 0.6) is 0 Å². The molecule has 1 saturated heterocycles. The zero-order valence-corrected chi connectivity index (χ0v) is 19.3. The van der Waals surface area contributed by atoms with Crippen molar-refractivity contribution in [2.75, 3.05) is 25.0 Å². The van der Waals surface area contributed by atoms with Gasteiger partial charge in [0, 0.05) is 17.2 Å². The molecule has 8 nitrogen and oxygen atoms in total. The minimum atomic E-state index is -0.527. The summed E-state index contributed by atoms with van der Waals surface area (Å²) < 4.78 is 23.4. The van der Waals surface area contributed by atoms with Crippen LogP contribution in [0.3, 0.4) is 0 Å². The van der Waals surface area contributed by atoms with E-state index in [1.165, 1.54) is 18.2 Å². The summed E-state index contributed by atoms with van der Waals surface area (Å²) in [5, 5.41) is 7.11. The van der Waals surface area contributed by atoms with E-state index in [0.717, 1.165) is 0 Å². The van der Waals surface area contributed by atoms with E-state index in [2.05, 4.69) is 20.4 Å². The summed E-state index contributed by atoms with van der Waals surface area (Å²) in [4.78, 5) is 31.3.